The predicted octanol–water partition coefficient (Wildman–Crippen LogP) is 2.75. The third-order valence-corrected chi connectivity index (χ3v) is 3.67. The standard InChI is InChI=1S/C16H13N5O/c1-20(11-5-4-6-12(22)9-11)15-13-7-2-3-8-14(13)21-10-17-19-16(21)18-15/h2-10,22H,1H3. The number of anilines is 2. The largest absolute Gasteiger partial charge is 0.508 e. The Balaban J connectivity index is 2.00. The fourth-order valence-electron chi connectivity index (χ4n) is 2.58. The fourth-order valence-corrected chi connectivity index (χ4v) is 2.58. The molecule has 1 N–H and O–H groups in total. The first-order valence-corrected chi connectivity index (χ1v) is 6.85. The summed E-state index contributed by atoms with van der Waals surface area (Å²) in [4.78, 5) is 6.53. The van der Waals surface area contributed by atoms with Crippen LogP contribution in [0, 0.1) is 0 Å². The molecule has 0 spiro atoms. The number of hydrogen-bond acceptors (Lipinski definition) is 5. The summed E-state index contributed by atoms with van der Waals surface area (Å²) >= 11 is 0. The highest BCUT2D eigenvalue weighted by Crippen LogP contribution is 2.31. The first-order chi connectivity index (χ1) is 10.7. The van der Waals surface area contributed by atoms with Crippen LogP contribution in [0.15, 0.2) is 54.9 Å². The molecule has 6 heteroatoms. The van der Waals surface area contributed by atoms with Gasteiger partial charge in [-0.05, 0) is 24.3 Å². The van der Waals surface area contributed by atoms with Crippen molar-refractivity contribution in [2.45, 2.75) is 0 Å². The van der Waals surface area contributed by atoms with Gasteiger partial charge in [0.25, 0.3) is 5.78 Å². The Bertz CT molecular complexity index is 979. The molecule has 2 heterocycles. The van der Waals surface area contributed by atoms with E-state index >= 15 is 0 Å². The maximum atomic E-state index is 9.69. The zero-order chi connectivity index (χ0) is 15.1. The van der Waals surface area contributed by atoms with Gasteiger partial charge in [-0.25, -0.2) is 0 Å². The summed E-state index contributed by atoms with van der Waals surface area (Å²) in [5, 5.41) is 18.7. The van der Waals surface area contributed by atoms with Gasteiger partial charge in [0.05, 0.1) is 5.52 Å². The molecule has 0 amide bonds. The fraction of sp³-hybridized carbons (Fsp3) is 0.0625. The number of rotatable bonds is 2. The van der Waals surface area contributed by atoms with Gasteiger partial charge in [0.15, 0.2) is 0 Å². The van der Waals surface area contributed by atoms with Crippen molar-refractivity contribution in [2.24, 2.45) is 0 Å². The molecule has 0 saturated heterocycles. The van der Waals surface area contributed by atoms with Crippen molar-refractivity contribution >= 4 is 28.2 Å². The Morgan fingerprint density at radius 1 is 1.09 bits per heavy atom. The van der Waals surface area contributed by atoms with Gasteiger partial charge in [-0.2, -0.15) is 4.98 Å². The highest BCUT2D eigenvalue weighted by atomic mass is 16.3. The second kappa shape index (κ2) is 4.70. The minimum Gasteiger partial charge on any atom is -0.508 e. The van der Waals surface area contributed by atoms with Gasteiger partial charge < -0.3 is 10.0 Å². The first kappa shape index (κ1) is 12.6. The molecule has 6 nitrogen and oxygen atoms in total. The van der Waals surface area contributed by atoms with Gasteiger partial charge >= 0.3 is 0 Å². The highest BCUT2D eigenvalue weighted by Gasteiger charge is 2.14. The van der Waals surface area contributed by atoms with E-state index in [4.69, 9.17) is 0 Å². The lowest BCUT2D eigenvalue weighted by Gasteiger charge is -2.20. The molecule has 22 heavy (non-hydrogen) atoms. The minimum absolute atomic E-state index is 0.220. The minimum atomic E-state index is 0.220. The molecule has 2 aromatic carbocycles. The summed E-state index contributed by atoms with van der Waals surface area (Å²) in [5.74, 6) is 1.53. The van der Waals surface area contributed by atoms with E-state index in [0.29, 0.717) is 5.78 Å². The summed E-state index contributed by atoms with van der Waals surface area (Å²) < 4.78 is 1.86. The van der Waals surface area contributed by atoms with Crippen molar-refractivity contribution < 1.29 is 5.11 Å². The van der Waals surface area contributed by atoms with Crippen molar-refractivity contribution in [1.82, 2.24) is 19.6 Å². The van der Waals surface area contributed by atoms with Crippen LogP contribution in [0.25, 0.3) is 16.7 Å². The Labute approximate surface area is 126 Å². The molecule has 0 saturated carbocycles. The van der Waals surface area contributed by atoms with Crippen molar-refractivity contribution in [3.05, 3.63) is 54.9 Å². The third kappa shape index (κ3) is 1.85. The summed E-state index contributed by atoms with van der Waals surface area (Å²) in [6, 6.07) is 15.0. The molecule has 0 unspecified atom stereocenters. The van der Waals surface area contributed by atoms with Crippen molar-refractivity contribution in [2.75, 3.05) is 11.9 Å². The topological polar surface area (TPSA) is 66.5 Å². The molecule has 0 bridgehead atoms. The number of aromatic nitrogens is 4. The first-order valence-electron chi connectivity index (χ1n) is 6.85. The van der Waals surface area contributed by atoms with Gasteiger partial charge in [-0.15, -0.1) is 10.2 Å². The molecule has 4 aromatic rings. The molecule has 108 valence electrons. The second-order valence-electron chi connectivity index (χ2n) is 5.03. The summed E-state index contributed by atoms with van der Waals surface area (Å²) in [7, 11) is 1.91. The van der Waals surface area contributed by atoms with E-state index in [2.05, 4.69) is 15.2 Å². The highest BCUT2D eigenvalue weighted by molar-refractivity contribution is 5.93. The van der Waals surface area contributed by atoms with Crippen LogP contribution in [-0.4, -0.2) is 31.7 Å². The normalized spacial score (nSPS) is 11.1. The molecule has 0 atom stereocenters. The number of hydrogen-bond donors (Lipinski definition) is 1. The molecule has 0 aliphatic heterocycles. The Morgan fingerprint density at radius 3 is 2.82 bits per heavy atom. The number of phenolic OH excluding ortho intramolecular Hbond substituents is 1. The van der Waals surface area contributed by atoms with E-state index in [-0.39, 0.29) is 5.75 Å². The van der Waals surface area contributed by atoms with Gasteiger partial charge in [0, 0.05) is 24.2 Å². The van der Waals surface area contributed by atoms with E-state index in [9.17, 15) is 5.11 Å². The molecule has 0 aliphatic rings. The number of fused-ring (bicyclic) bond motifs is 3. The lowest BCUT2D eigenvalue weighted by Crippen LogP contribution is -2.12. The zero-order valence-corrected chi connectivity index (χ0v) is 11.9. The molecular weight excluding hydrogens is 278 g/mol. The molecule has 2 aromatic heterocycles. The second-order valence-corrected chi connectivity index (χ2v) is 5.03. The van der Waals surface area contributed by atoms with Gasteiger partial charge in [-0.1, -0.05) is 18.2 Å². The number of benzene rings is 2. The Hall–Kier alpha value is -3.15. The van der Waals surface area contributed by atoms with Crippen LogP contribution >= 0.6 is 0 Å². The van der Waals surface area contributed by atoms with Gasteiger partial charge in [-0.3, -0.25) is 4.40 Å². The van der Waals surface area contributed by atoms with Crippen LogP contribution in [0.4, 0.5) is 11.5 Å². The number of nitrogens with zero attached hydrogens (tertiary/aromatic N) is 5. The van der Waals surface area contributed by atoms with Crippen LogP contribution in [-0.2, 0) is 0 Å². The van der Waals surface area contributed by atoms with Crippen LogP contribution < -0.4 is 4.90 Å². The van der Waals surface area contributed by atoms with Crippen LogP contribution in [0.3, 0.4) is 0 Å². The van der Waals surface area contributed by atoms with E-state index in [1.807, 2.05) is 46.7 Å². The lowest BCUT2D eigenvalue weighted by atomic mass is 10.2. The maximum absolute atomic E-state index is 9.69. The molecule has 0 aliphatic carbocycles. The van der Waals surface area contributed by atoms with Crippen molar-refractivity contribution in [1.29, 1.82) is 0 Å². The lowest BCUT2D eigenvalue weighted by molar-refractivity contribution is 0.475. The van der Waals surface area contributed by atoms with E-state index in [1.54, 1.807) is 24.5 Å². The average Bonchev–Trinajstić information content (AvgIpc) is 3.02. The zero-order valence-electron chi connectivity index (χ0n) is 11.9. The quantitative estimate of drug-likeness (QED) is 0.615. The van der Waals surface area contributed by atoms with Crippen LogP contribution in [0.2, 0.25) is 0 Å². The summed E-state index contributed by atoms with van der Waals surface area (Å²) in [6.07, 6.45) is 1.66. The molecule has 0 fully saturated rings. The summed E-state index contributed by atoms with van der Waals surface area (Å²) in [5.41, 5.74) is 1.83. The van der Waals surface area contributed by atoms with Crippen LogP contribution in [0.5, 0.6) is 5.75 Å². The monoisotopic (exact) mass is 291 g/mol. The van der Waals surface area contributed by atoms with Crippen molar-refractivity contribution in [3.63, 3.8) is 0 Å². The smallest absolute Gasteiger partial charge is 0.257 e. The molecule has 4 rings (SSSR count). The maximum Gasteiger partial charge on any atom is 0.257 e. The van der Waals surface area contributed by atoms with E-state index in [0.717, 1.165) is 22.4 Å². The average molecular weight is 291 g/mol. The molecule has 0 radical (unpaired) electrons. The van der Waals surface area contributed by atoms with Gasteiger partial charge in [0.1, 0.15) is 17.9 Å². The number of para-hydroxylation sites is 1. The number of aromatic hydroxyl groups is 1. The number of phenols is 1. The van der Waals surface area contributed by atoms with Crippen LogP contribution in [0.1, 0.15) is 0 Å². The summed E-state index contributed by atoms with van der Waals surface area (Å²) in [6.45, 7) is 0. The van der Waals surface area contributed by atoms with E-state index in [1.165, 1.54) is 0 Å². The Morgan fingerprint density at radius 2 is 1.95 bits per heavy atom. The van der Waals surface area contributed by atoms with Gasteiger partial charge in [0.2, 0.25) is 0 Å². The third-order valence-electron chi connectivity index (χ3n) is 3.67. The predicted molar refractivity (Wildman–Crippen MR) is 84.5 cm³/mol. The van der Waals surface area contributed by atoms with E-state index < -0.39 is 0 Å². The SMILES string of the molecule is CN(c1cccc(O)c1)c1nc2nncn2c2ccccc12. The Kier molecular flexibility index (Phi) is 2.69. The molecular formula is C16H13N5O. The van der Waals surface area contributed by atoms with Crippen molar-refractivity contribution in [3.8, 4) is 5.75 Å².